The first-order valence-corrected chi connectivity index (χ1v) is 8.31. The number of methoxy groups -OCH3 is 1. The SMILES string of the molecule is CCCn1c(N)c(C(=O)COC(=O)c2ccc(C(=O)OC)cc2)c(=O)[nH]c1=O. The molecule has 0 saturated carbocycles. The highest BCUT2D eigenvalue weighted by Crippen LogP contribution is 2.09. The third kappa shape index (κ3) is 4.34. The number of aromatic amines is 1. The van der Waals surface area contributed by atoms with Crippen LogP contribution in [0.5, 0.6) is 0 Å². The number of nitrogen functional groups attached to an aromatic ring is 1. The van der Waals surface area contributed by atoms with Crippen LogP contribution in [-0.4, -0.2) is 41.0 Å². The van der Waals surface area contributed by atoms with Gasteiger partial charge in [-0.15, -0.1) is 0 Å². The van der Waals surface area contributed by atoms with Gasteiger partial charge < -0.3 is 15.2 Å². The zero-order valence-corrected chi connectivity index (χ0v) is 15.3. The molecule has 0 aliphatic heterocycles. The molecule has 148 valence electrons. The Morgan fingerprint density at radius 3 is 2.18 bits per heavy atom. The summed E-state index contributed by atoms with van der Waals surface area (Å²) >= 11 is 0. The number of carbonyl (C=O) groups is 3. The number of esters is 2. The maximum Gasteiger partial charge on any atom is 0.338 e. The molecule has 10 heteroatoms. The monoisotopic (exact) mass is 389 g/mol. The zero-order valence-electron chi connectivity index (χ0n) is 15.3. The predicted molar refractivity (Wildman–Crippen MR) is 98.4 cm³/mol. The number of carbonyl (C=O) groups excluding carboxylic acids is 3. The lowest BCUT2D eigenvalue weighted by Gasteiger charge is -2.11. The molecule has 0 radical (unpaired) electrons. The van der Waals surface area contributed by atoms with Gasteiger partial charge >= 0.3 is 17.6 Å². The molecular formula is C18H19N3O7. The summed E-state index contributed by atoms with van der Waals surface area (Å²) in [5.41, 5.74) is 4.02. The minimum absolute atomic E-state index is 0.0956. The Hall–Kier alpha value is -3.69. The van der Waals surface area contributed by atoms with Crippen molar-refractivity contribution in [2.45, 2.75) is 19.9 Å². The molecule has 0 atom stereocenters. The molecule has 3 N–H and O–H groups in total. The van der Waals surface area contributed by atoms with Gasteiger partial charge in [0.2, 0.25) is 5.78 Å². The largest absolute Gasteiger partial charge is 0.465 e. The second kappa shape index (κ2) is 8.80. The number of H-pyrrole nitrogens is 1. The Kier molecular flexibility index (Phi) is 6.48. The Balaban J connectivity index is 2.15. The van der Waals surface area contributed by atoms with Crippen LogP contribution in [0.1, 0.15) is 44.4 Å². The molecule has 1 aromatic carbocycles. The van der Waals surface area contributed by atoms with Crippen molar-refractivity contribution in [3.8, 4) is 0 Å². The number of nitrogens with zero attached hydrogens (tertiary/aromatic N) is 1. The van der Waals surface area contributed by atoms with Crippen LogP contribution in [0, 0.1) is 0 Å². The van der Waals surface area contributed by atoms with Gasteiger partial charge in [-0.3, -0.25) is 19.1 Å². The average Bonchev–Trinajstić information content (AvgIpc) is 2.68. The predicted octanol–water partition coefficient (Wildman–Crippen LogP) is 0.355. The second-order valence-corrected chi connectivity index (χ2v) is 5.74. The van der Waals surface area contributed by atoms with E-state index in [2.05, 4.69) is 4.74 Å². The van der Waals surface area contributed by atoms with Gasteiger partial charge in [-0.2, -0.15) is 0 Å². The molecule has 10 nitrogen and oxygen atoms in total. The molecule has 0 aliphatic rings. The summed E-state index contributed by atoms with van der Waals surface area (Å²) in [4.78, 5) is 61.5. The molecular weight excluding hydrogens is 370 g/mol. The third-order valence-corrected chi connectivity index (χ3v) is 3.84. The lowest BCUT2D eigenvalue weighted by Crippen LogP contribution is -2.37. The molecule has 0 saturated heterocycles. The molecule has 0 bridgehead atoms. The molecule has 2 rings (SSSR count). The van der Waals surface area contributed by atoms with Gasteiger partial charge in [0.05, 0.1) is 18.2 Å². The standard InChI is InChI=1S/C18H19N3O7/c1-3-8-21-14(19)13(15(23)20-18(21)26)12(22)9-28-17(25)11-6-4-10(5-7-11)16(24)27-2/h4-7H,3,8-9,19H2,1-2H3,(H,20,23,26). The summed E-state index contributed by atoms with van der Waals surface area (Å²) in [6, 6.07) is 5.41. The van der Waals surface area contributed by atoms with Gasteiger partial charge in [0, 0.05) is 6.54 Å². The minimum atomic E-state index is -0.946. The fraction of sp³-hybridized carbons (Fsp3) is 0.278. The fourth-order valence-electron chi connectivity index (χ4n) is 2.45. The van der Waals surface area contributed by atoms with E-state index in [-0.39, 0.29) is 23.5 Å². The molecule has 1 aromatic heterocycles. The van der Waals surface area contributed by atoms with Crippen LogP contribution in [0.4, 0.5) is 5.82 Å². The maximum absolute atomic E-state index is 12.3. The molecule has 1 heterocycles. The van der Waals surface area contributed by atoms with E-state index in [9.17, 15) is 24.0 Å². The number of ketones is 1. The second-order valence-electron chi connectivity index (χ2n) is 5.74. The molecule has 0 aliphatic carbocycles. The average molecular weight is 389 g/mol. The van der Waals surface area contributed by atoms with Crippen LogP contribution in [0.3, 0.4) is 0 Å². The maximum atomic E-state index is 12.3. The summed E-state index contributed by atoms with van der Waals surface area (Å²) < 4.78 is 10.5. The number of aromatic nitrogens is 2. The van der Waals surface area contributed by atoms with Crippen molar-refractivity contribution < 1.29 is 23.9 Å². The Morgan fingerprint density at radius 2 is 1.64 bits per heavy atom. The van der Waals surface area contributed by atoms with Crippen LogP contribution in [0.15, 0.2) is 33.9 Å². The van der Waals surface area contributed by atoms with Crippen molar-refractivity contribution >= 4 is 23.5 Å². The van der Waals surface area contributed by atoms with Gasteiger partial charge in [0.25, 0.3) is 5.56 Å². The smallest absolute Gasteiger partial charge is 0.338 e. The van der Waals surface area contributed by atoms with Crippen molar-refractivity contribution in [1.82, 2.24) is 9.55 Å². The van der Waals surface area contributed by atoms with E-state index < -0.39 is 41.1 Å². The Bertz CT molecular complexity index is 1020. The Morgan fingerprint density at radius 1 is 1.07 bits per heavy atom. The van der Waals surface area contributed by atoms with Gasteiger partial charge in [-0.1, -0.05) is 6.92 Å². The zero-order chi connectivity index (χ0) is 20.8. The minimum Gasteiger partial charge on any atom is -0.465 e. The summed E-state index contributed by atoms with van der Waals surface area (Å²) in [6.07, 6.45) is 0.556. The lowest BCUT2D eigenvalue weighted by molar-refractivity contribution is 0.0473. The number of anilines is 1. The first-order chi connectivity index (χ1) is 13.3. The number of nitrogens with two attached hydrogens (primary N) is 1. The first kappa shape index (κ1) is 20.6. The van der Waals surface area contributed by atoms with Crippen LogP contribution >= 0.6 is 0 Å². The number of hydrogen-bond donors (Lipinski definition) is 2. The summed E-state index contributed by atoms with van der Waals surface area (Å²) in [5, 5.41) is 0. The molecule has 0 amide bonds. The number of Topliss-reactive ketones (excluding diaryl/α,β-unsaturated/α-hetero) is 1. The van der Waals surface area contributed by atoms with E-state index >= 15 is 0 Å². The van der Waals surface area contributed by atoms with Gasteiger partial charge in [-0.05, 0) is 30.7 Å². The van der Waals surface area contributed by atoms with E-state index in [0.717, 1.165) is 4.57 Å². The van der Waals surface area contributed by atoms with Crippen molar-refractivity contribution in [3.63, 3.8) is 0 Å². The highest BCUT2D eigenvalue weighted by atomic mass is 16.5. The van der Waals surface area contributed by atoms with Crippen LogP contribution in [-0.2, 0) is 16.0 Å². The normalized spacial score (nSPS) is 10.4. The number of hydrogen-bond acceptors (Lipinski definition) is 8. The molecule has 2 aromatic rings. The number of ether oxygens (including phenoxy) is 2. The summed E-state index contributed by atoms with van der Waals surface area (Å²) in [6.45, 7) is 1.27. The number of nitrogens with one attached hydrogen (secondary N) is 1. The van der Waals surface area contributed by atoms with Crippen molar-refractivity contribution in [3.05, 3.63) is 61.8 Å². The van der Waals surface area contributed by atoms with Crippen molar-refractivity contribution in [2.24, 2.45) is 0 Å². The lowest BCUT2D eigenvalue weighted by atomic mass is 10.1. The van der Waals surface area contributed by atoms with Crippen molar-refractivity contribution in [2.75, 3.05) is 19.5 Å². The molecule has 0 fully saturated rings. The van der Waals surface area contributed by atoms with Crippen LogP contribution in [0.2, 0.25) is 0 Å². The van der Waals surface area contributed by atoms with Crippen LogP contribution < -0.4 is 17.0 Å². The number of benzene rings is 1. The third-order valence-electron chi connectivity index (χ3n) is 3.84. The van der Waals surface area contributed by atoms with E-state index in [4.69, 9.17) is 10.5 Å². The van der Waals surface area contributed by atoms with Crippen molar-refractivity contribution in [1.29, 1.82) is 0 Å². The summed E-state index contributed by atoms with van der Waals surface area (Å²) in [7, 11) is 1.23. The van der Waals surface area contributed by atoms with E-state index in [0.29, 0.717) is 6.42 Å². The van der Waals surface area contributed by atoms with E-state index in [1.807, 2.05) is 4.98 Å². The highest BCUT2D eigenvalue weighted by Gasteiger charge is 2.21. The molecule has 28 heavy (non-hydrogen) atoms. The highest BCUT2D eigenvalue weighted by molar-refractivity contribution is 6.02. The first-order valence-electron chi connectivity index (χ1n) is 8.31. The number of rotatable bonds is 7. The molecule has 0 spiro atoms. The van der Waals surface area contributed by atoms with Gasteiger partial charge in [0.1, 0.15) is 11.4 Å². The van der Waals surface area contributed by atoms with Crippen LogP contribution in [0.25, 0.3) is 0 Å². The Labute approximate surface area is 158 Å². The van der Waals surface area contributed by atoms with Gasteiger partial charge in [0.15, 0.2) is 6.61 Å². The van der Waals surface area contributed by atoms with E-state index in [1.54, 1.807) is 6.92 Å². The molecule has 0 unspecified atom stereocenters. The van der Waals surface area contributed by atoms with E-state index in [1.165, 1.54) is 31.4 Å². The fourth-order valence-corrected chi connectivity index (χ4v) is 2.45. The topological polar surface area (TPSA) is 151 Å². The summed E-state index contributed by atoms with van der Waals surface area (Å²) in [5.74, 6) is -2.52. The quantitative estimate of drug-likeness (QED) is 0.509. The van der Waals surface area contributed by atoms with Gasteiger partial charge in [-0.25, -0.2) is 14.4 Å².